The van der Waals surface area contributed by atoms with E-state index in [2.05, 4.69) is 28.6 Å². The second-order valence-electron chi connectivity index (χ2n) is 7.13. The number of amides is 3. The molecule has 0 saturated carbocycles. The molecule has 0 spiro atoms. The van der Waals surface area contributed by atoms with Gasteiger partial charge in [-0.2, -0.15) is 12.6 Å². The SMILES string of the molecule is CC(C)C[C@H](NC(=O)[C@H](CCS)NC=O)C(=O)N[C@@H](Cc1ccccc1)C(=O)O. The first-order valence-corrected chi connectivity index (χ1v) is 10.1. The van der Waals surface area contributed by atoms with E-state index in [9.17, 15) is 24.3 Å². The number of nitrogens with one attached hydrogen (secondary N) is 3. The van der Waals surface area contributed by atoms with Gasteiger partial charge in [0, 0.05) is 6.42 Å². The number of thiol groups is 1. The summed E-state index contributed by atoms with van der Waals surface area (Å²) in [5.74, 6) is -1.80. The molecule has 0 saturated heterocycles. The summed E-state index contributed by atoms with van der Waals surface area (Å²) in [7, 11) is 0. The fraction of sp³-hybridized carbons (Fsp3) is 0.500. The lowest BCUT2D eigenvalue weighted by Gasteiger charge is -2.25. The van der Waals surface area contributed by atoms with Gasteiger partial charge in [0.1, 0.15) is 18.1 Å². The minimum absolute atomic E-state index is 0.0748. The van der Waals surface area contributed by atoms with Crippen molar-refractivity contribution in [2.45, 2.75) is 51.2 Å². The third kappa shape index (κ3) is 8.99. The minimum atomic E-state index is -1.16. The quantitative estimate of drug-likeness (QED) is 0.237. The molecule has 0 heterocycles. The molecular weight excluding hydrogens is 394 g/mol. The number of hydrogen-bond acceptors (Lipinski definition) is 5. The van der Waals surface area contributed by atoms with E-state index in [4.69, 9.17) is 0 Å². The summed E-state index contributed by atoms with van der Waals surface area (Å²) in [6, 6.07) is 6.10. The van der Waals surface area contributed by atoms with Crippen LogP contribution in [0.25, 0.3) is 0 Å². The van der Waals surface area contributed by atoms with Crippen molar-refractivity contribution in [3.8, 4) is 0 Å². The smallest absolute Gasteiger partial charge is 0.326 e. The summed E-state index contributed by atoms with van der Waals surface area (Å²) < 4.78 is 0. The molecule has 9 heteroatoms. The van der Waals surface area contributed by atoms with Gasteiger partial charge in [0.25, 0.3) is 0 Å². The Bertz CT molecular complexity index is 684. The summed E-state index contributed by atoms with van der Waals surface area (Å²) in [6.45, 7) is 3.78. The van der Waals surface area contributed by atoms with Gasteiger partial charge in [0.05, 0.1) is 0 Å². The zero-order valence-corrected chi connectivity index (χ0v) is 17.5. The van der Waals surface area contributed by atoms with Gasteiger partial charge in [0.2, 0.25) is 18.2 Å². The molecule has 160 valence electrons. The third-order valence-corrected chi connectivity index (χ3v) is 4.50. The maximum absolute atomic E-state index is 12.8. The van der Waals surface area contributed by atoms with Gasteiger partial charge in [-0.1, -0.05) is 44.2 Å². The van der Waals surface area contributed by atoms with E-state index in [1.54, 1.807) is 24.3 Å². The number of benzene rings is 1. The number of carbonyl (C=O) groups excluding carboxylic acids is 3. The highest BCUT2D eigenvalue weighted by atomic mass is 32.1. The van der Waals surface area contributed by atoms with Crippen molar-refractivity contribution in [1.29, 1.82) is 0 Å². The van der Waals surface area contributed by atoms with Gasteiger partial charge >= 0.3 is 5.97 Å². The average Bonchev–Trinajstić information content (AvgIpc) is 2.67. The van der Waals surface area contributed by atoms with Crippen LogP contribution in [0, 0.1) is 5.92 Å². The number of carboxylic acids is 1. The van der Waals surface area contributed by atoms with Crippen molar-refractivity contribution >= 4 is 36.8 Å². The van der Waals surface area contributed by atoms with E-state index in [0.717, 1.165) is 5.56 Å². The van der Waals surface area contributed by atoms with Crippen LogP contribution in [0.5, 0.6) is 0 Å². The number of aliphatic carboxylic acids is 1. The van der Waals surface area contributed by atoms with Crippen molar-refractivity contribution < 1.29 is 24.3 Å². The largest absolute Gasteiger partial charge is 0.480 e. The van der Waals surface area contributed by atoms with Gasteiger partial charge in [-0.3, -0.25) is 14.4 Å². The van der Waals surface area contributed by atoms with E-state index < -0.39 is 35.9 Å². The molecule has 0 radical (unpaired) electrons. The molecule has 3 amide bonds. The number of hydrogen-bond donors (Lipinski definition) is 5. The highest BCUT2D eigenvalue weighted by Crippen LogP contribution is 2.09. The first-order valence-electron chi connectivity index (χ1n) is 9.46. The molecular formula is C20H29N3O5S. The highest BCUT2D eigenvalue weighted by Gasteiger charge is 2.29. The Morgan fingerprint density at radius 3 is 2.14 bits per heavy atom. The molecule has 0 bridgehead atoms. The number of carbonyl (C=O) groups is 4. The summed E-state index contributed by atoms with van der Waals surface area (Å²) in [4.78, 5) is 47.6. The lowest BCUT2D eigenvalue weighted by Crippen LogP contribution is -2.55. The van der Waals surface area contributed by atoms with Crippen molar-refractivity contribution in [2.75, 3.05) is 5.75 Å². The summed E-state index contributed by atoms with van der Waals surface area (Å²) in [5.41, 5.74) is 0.772. The minimum Gasteiger partial charge on any atom is -0.480 e. The molecule has 0 aliphatic carbocycles. The van der Waals surface area contributed by atoms with Crippen LogP contribution in [0.3, 0.4) is 0 Å². The molecule has 4 N–H and O–H groups in total. The van der Waals surface area contributed by atoms with E-state index in [-0.39, 0.29) is 12.3 Å². The Balaban J connectivity index is 2.88. The predicted octanol–water partition coefficient (Wildman–Crippen LogP) is 0.764. The van der Waals surface area contributed by atoms with Gasteiger partial charge < -0.3 is 21.1 Å². The van der Waals surface area contributed by atoms with Crippen LogP contribution in [0.4, 0.5) is 0 Å². The van der Waals surface area contributed by atoms with Crippen molar-refractivity contribution in [3.05, 3.63) is 35.9 Å². The van der Waals surface area contributed by atoms with E-state index in [0.29, 0.717) is 25.0 Å². The molecule has 1 rings (SSSR count). The molecule has 0 aliphatic heterocycles. The molecule has 8 nitrogen and oxygen atoms in total. The molecule has 0 unspecified atom stereocenters. The van der Waals surface area contributed by atoms with Gasteiger partial charge in [-0.05, 0) is 30.1 Å². The molecule has 3 atom stereocenters. The second kappa shape index (κ2) is 12.8. The maximum Gasteiger partial charge on any atom is 0.326 e. The molecule has 0 fully saturated rings. The Labute approximate surface area is 176 Å². The van der Waals surface area contributed by atoms with Crippen molar-refractivity contribution in [3.63, 3.8) is 0 Å². The van der Waals surface area contributed by atoms with Gasteiger partial charge in [-0.25, -0.2) is 4.79 Å². The van der Waals surface area contributed by atoms with Gasteiger partial charge in [-0.15, -0.1) is 0 Å². The van der Waals surface area contributed by atoms with Crippen molar-refractivity contribution in [1.82, 2.24) is 16.0 Å². The van der Waals surface area contributed by atoms with Crippen molar-refractivity contribution in [2.24, 2.45) is 5.92 Å². The molecule has 1 aromatic rings. The molecule has 0 aliphatic rings. The van der Waals surface area contributed by atoms with Crippen LogP contribution >= 0.6 is 12.6 Å². The molecule has 0 aromatic heterocycles. The molecule has 29 heavy (non-hydrogen) atoms. The third-order valence-electron chi connectivity index (χ3n) is 4.24. The first kappa shape index (κ1) is 24.5. The predicted molar refractivity (Wildman–Crippen MR) is 113 cm³/mol. The highest BCUT2D eigenvalue weighted by molar-refractivity contribution is 7.80. The van der Waals surface area contributed by atoms with Crippen LogP contribution in [0.15, 0.2) is 30.3 Å². The number of rotatable bonds is 13. The van der Waals surface area contributed by atoms with E-state index >= 15 is 0 Å². The maximum atomic E-state index is 12.8. The zero-order valence-electron chi connectivity index (χ0n) is 16.6. The monoisotopic (exact) mass is 423 g/mol. The Morgan fingerprint density at radius 1 is 1.03 bits per heavy atom. The Morgan fingerprint density at radius 2 is 1.62 bits per heavy atom. The normalized spacial score (nSPS) is 13.8. The van der Waals surface area contributed by atoms with Crippen LogP contribution in [-0.2, 0) is 25.6 Å². The summed E-state index contributed by atoms with van der Waals surface area (Å²) >= 11 is 4.07. The summed E-state index contributed by atoms with van der Waals surface area (Å²) in [5, 5.41) is 17.1. The second-order valence-corrected chi connectivity index (χ2v) is 7.58. The Kier molecular flexibility index (Phi) is 10.8. The average molecular weight is 424 g/mol. The van der Waals surface area contributed by atoms with E-state index in [1.807, 2.05) is 19.9 Å². The van der Waals surface area contributed by atoms with Gasteiger partial charge in [0.15, 0.2) is 0 Å². The lowest BCUT2D eigenvalue weighted by atomic mass is 10.0. The Hall–Kier alpha value is -2.55. The van der Waals surface area contributed by atoms with Crippen LogP contribution in [-0.4, -0.2) is 53.2 Å². The standard InChI is InChI=1S/C20H29N3O5S/c1-13(2)10-16(22-18(25)15(8-9-29)21-12-24)19(26)23-17(20(27)28)11-14-6-4-3-5-7-14/h3-7,12-13,15-17,29H,8-11H2,1-2H3,(H,21,24)(H,22,25)(H,23,26)(H,27,28)/t15-,16-,17-/m0/s1. The van der Waals surface area contributed by atoms with Crippen LogP contribution in [0.1, 0.15) is 32.3 Å². The zero-order chi connectivity index (χ0) is 21.8. The fourth-order valence-electron chi connectivity index (χ4n) is 2.80. The van der Waals surface area contributed by atoms with Crippen LogP contribution in [0.2, 0.25) is 0 Å². The van der Waals surface area contributed by atoms with Crippen LogP contribution < -0.4 is 16.0 Å². The first-order chi connectivity index (χ1) is 13.8. The summed E-state index contributed by atoms with van der Waals surface area (Å²) in [6.07, 6.45) is 1.17. The fourth-order valence-corrected chi connectivity index (χ4v) is 3.06. The molecule has 1 aromatic carbocycles. The lowest BCUT2D eigenvalue weighted by molar-refractivity contribution is -0.142. The van der Waals surface area contributed by atoms with E-state index in [1.165, 1.54) is 0 Å². The number of carboxylic acid groups (broad SMARTS) is 1. The topological polar surface area (TPSA) is 125 Å².